The smallest absolute Gasteiger partial charge is 0.323 e. The fourth-order valence-corrected chi connectivity index (χ4v) is 1.64. The first-order valence-electron chi connectivity index (χ1n) is 5.32. The molecule has 0 spiro atoms. The second kappa shape index (κ2) is 5.69. The van der Waals surface area contributed by atoms with Crippen molar-refractivity contribution in [2.24, 2.45) is 5.92 Å². The molecule has 1 fully saturated rings. The van der Waals surface area contributed by atoms with Crippen LogP contribution in [0.5, 0.6) is 0 Å². The van der Waals surface area contributed by atoms with E-state index in [4.69, 9.17) is 9.84 Å². The lowest BCUT2D eigenvalue weighted by Crippen LogP contribution is -2.46. The number of carboxylic acids is 1. The van der Waals surface area contributed by atoms with Gasteiger partial charge in [-0.1, -0.05) is 0 Å². The number of nitrogens with one attached hydrogen (secondary N) is 1. The maximum absolute atomic E-state index is 11.6. The van der Waals surface area contributed by atoms with Gasteiger partial charge >= 0.3 is 12.0 Å². The summed E-state index contributed by atoms with van der Waals surface area (Å²) in [5, 5.41) is 11.3. The molecule has 0 aliphatic carbocycles. The van der Waals surface area contributed by atoms with Gasteiger partial charge in [0, 0.05) is 25.6 Å². The highest BCUT2D eigenvalue weighted by atomic mass is 16.5. The molecule has 0 saturated carbocycles. The lowest BCUT2D eigenvalue weighted by atomic mass is 10.0. The van der Waals surface area contributed by atoms with Crippen LogP contribution < -0.4 is 5.32 Å². The lowest BCUT2D eigenvalue weighted by molar-refractivity contribution is -0.137. The quantitative estimate of drug-likeness (QED) is 0.720. The molecular weight excluding hydrogens is 212 g/mol. The molecule has 1 rings (SSSR count). The fraction of sp³-hybridized carbons (Fsp3) is 0.800. The van der Waals surface area contributed by atoms with Gasteiger partial charge < -0.3 is 20.1 Å². The van der Waals surface area contributed by atoms with E-state index in [9.17, 15) is 9.59 Å². The molecule has 6 heteroatoms. The topological polar surface area (TPSA) is 78.9 Å². The third-order valence-electron chi connectivity index (χ3n) is 2.74. The van der Waals surface area contributed by atoms with Crippen LogP contribution in [0.25, 0.3) is 0 Å². The second-order valence-electron chi connectivity index (χ2n) is 4.11. The maximum atomic E-state index is 11.6. The second-order valence-corrected chi connectivity index (χ2v) is 4.11. The number of aliphatic carboxylic acids is 1. The first kappa shape index (κ1) is 12.8. The molecule has 2 amide bonds. The zero-order valence-corrected chi connectivity index (χ0v) is 9.60. The van der Waals surface area contributed by atoms with Gasteiger partial charge in [-0.2, -0.15) is 0 Å². The normalized spacial score (nSPS) is 21.5. The Balaban J connectivity index is 2.34. The zero-order valence-electron chi connectivity index (χ0n) is 9.60. The van der Waals surface area contributed by atoms with Crippen LogP contribution in [0.2, 0.25) is 0 Å². The molecule has 0 radical (unpaired) electrons. The van der Waals surface area contributed by atoms with Crippen LogP contribution in [-0.4, -0.2) is 54.9 Å². The van der Waals surface area contributed by atoms with E-state index in [0.717, 1.165) is 17.9 Å². The number of likely N-dealkylation sites (N-methyl/N-ethyl adjacent to an activating group) is 1. The largest absolute Gasteiger partial charge is 0.480 e. The summed E-state index contributed by atoms with van der Waals surface area (Å²) < 4.78 is 5.23. The Hall–Kier alpha value is -1.30. The molecule has 1 saturated heterocycles. The van der Waals surface area contributed by atoms with Crippen LogP contribution in [0, 0.1) is 5.92 Å². The van der Waals surface area contributed by atoms with Gasteiger partial charge in [-0.05, 0) is 13.3 Å². The van der Waals surface area contributed by atoms with Crippen LogP contribution >= 0.6 is 0 Å². The van der Waals surface area contributed by atoms with E-state index >= 15 is 0 Å². The number of carbonyl (C=O) groups is 2. The van der Waals surface area contributed by atoms with Crippen molar-refractivity contribution in [1.82, 2.24) is 10.2 Å². The fourth-order valence-electron chi connectivity index (χ4n) is 1.64. The number of hydrogen-bond acceptors (Lipinski definition) is 3. The summed E-state index contributed by atoms with van der Waals surface area (Å²) in [7, 11) is 1.46. The minimum atomic E-state index is -1.02. The molecule has 6 nitrogen and oxygen atoms in total. The molecule has 1 aliphatic rings. The Morgan fingerprint density at radius 1 is 1.62 bits per heavy atom. The van der Waals surface area contributed by atoms with Crippen LogP contribution in [-0.2, 0) is 9.53 Å². The highest BCUT2D eigenvalue weighted by Gasteiger charge is 2.24. The lowest BCUT2D eigenvalue weighted by Gasteiger charge is -2.23. The molecular formula is C10H18N2O4. The predicted molar refractivity (Wildman–Crippen MR) is 57.2 cm³/mol. The van der Waals surface area contributed by atoms with Gasteiger partial charge in [0.05, 0.1) is 6.61 Å². The average Bonchev–Trinajstić information content (AvgIpc) is 2.68. The number of carboxylic acid groups (broad SMARTS) is 1. The predicted octanol–water partition coefficient (Wildman–Crippen LogP) is 0.137. The van der Waals surface area contributed by atoms with Crippen molar-refractivity contribution in [2.45, 2.75) is 19.4 Å². The number of amides is 2. The van der Waals surface area contributed by atoms with Gasteiger partial charge in [0.1, 0.15) is 6.54 Å². The van der Waals surface area contributed by atoms with Gasteiger partial charge in [-0.25, -0.2) is 4.79 Å². The molecule has 2 N–H and O–H groups in total. The molecule has 2 atom stereocenters. The minimum absolute atomic E-state index is 0.00578. The van der Waals surface area contributed by atoms with E-state index in [1.807, 2.05) is 6.92 Å². The van der Waals surface area contributed by atoms with Gasteiger partial charge in [-0.15, -0.1) is 0 Å². The van der Waals surface area contributed by atoms with Crippen molar-refractivity contribution < 1.29 is 19.4 Å². The summed E-state index contributed by atoms with van der Waals surface area (Å²) in [4.78, 5) is 23.1. The van der Waals surface area contributed by atoms with Crippen LogP contribution in [0.4, 0.5) is 4.79 Å². The Kier molecular flexibility index (Phi) is 4.54. The zero-order chi connectivity index (χ0) is 12.1. The molecule has 0 bridgehead atoms. The SMILES string of the molecule is CC(NC(=O)N(C)CC(=O)O)C1CCOC1. The van der Waals surface area contributed by atoms with Gasteiger partial charge in [-0.3, -0.25) is 4.79 Å². The highest BCUT2D eigenvalue weighted by Crippen LogP contribution is 2.16. The van der Waals surface area contributed by atoms with E-state index < -0.39 is 5.97 Å². The summed E-state index contributed by atoms with van der Waals surface area (Å²) in [6.45, 7) is 3.01. The minimum Gasteiger partial charge on any atom is -0.480 e. The Bertz CT molecular complexity index is 264. The van der Waals surface area contributed by atoms with Crippen molar-refractivity contribution in [3.05, 3.63) is 0 Å². The van der Waals surface area contributed by atoms with Crippen LogP contribution in [0.1, 0.15) is 13.3 Å². The first-order chi connectivity index (χ1) is 7.50. The van der Waals surface area contributed by atoms with Crippen molar-refractivity contribution >= 4 is 12.0 Å². The van der Waals surface area contributed by atoms with E-state index in [1.54, 1.807) is 0 Å². The highest BCUT2D eigenvalue weighted by molar-refractivity contribution is 5.79. The number of rotatable bonds is 4. The molecule has 0 aromatic carbocycles. The van der Waals surface area contributed by atoms with Gasteiger partial charge in [0.2, 0.25) is 0 Å². The van der Waals surface area contributed by atoms with Gasteiger partial charge in [0.25, 0.3) is 0 Å². The number of urea groups is 1. The molecule has 0 aromatic heterocycles. The molecule has 16 heavy (non-hydrogen) atoms. The molecule has 92 valence electrons. The summed E-state index contributed by atoms with van der Waals surface area (Å²) in [6.07, 6.45) is 0.935. The van der Waals surface area contributed by atoms with Crippen LogP contribution in [0.3, 0.4) is 0 Å². The maximum Gasteiger partial charge on any atom is 0.323 e. The van der Waals surface area contributed by atoms with Crippen molar-refractivity contribution in [3.8, 4) is 0 Å². The summed E-state index contributed by atoms with van der Waals surface area (Å²) in [5.41, 5.74) is 0. The van der Waals surface area contributed by atoms with Gasteiger partial charge in [0.15, 0.2) is 0 Å². The first-order valence-corrected chi connectivity index (χ1v) is 5.32. The molecule has 1 heterocycles. The summed E-state index contributed by atoms with van der Waals surface area (Å²) in [5.74, 6) is -0.698. The molecule has 0 aromatic rings. The summed E-state index contributed by atoms with van der Waals surface area (Å²) in [6, 6.07) is -0.354. The van der Waals surface area contributed by atoms with E-state index in [1.165, 1.54) is 7.05 Å². The van der Waals surface area contributed by atoms with E-state index in [2.05, 4.69) is 5.32 Å². The van der Waals surface area contributed by atoms with E-state index in [0.29, 0.717) is 12.5 Å². The number of nitrogens with zero attached hydrogens (tertiary/aromatic N) is 1. The third-order valence-corrected chi connectivity index (χ3v) is 2.74. The standard InChI is InChI=1S/C10H18N2O4/c1-7(8-3-4-16-6-8)11-10(15)12(2)5-9(13)14/h7-8H,3-6H2,1-2H3,(H,11,15)(H,13,14). The molecule has 1 aliphatic heterocycles. The number of hydrogen-bond donors (Lipinski definition) is 2. The number of carbonyl (C=O) groups excluding carboxylic acids is 1. The van der Waals surface area contributed by atoms with Crippen molar-refractivity contribution in [3.63, 3.8) is 0 Å². The molecule has 2 unspecified atom stereocenters. The summed E-state index contributed by atoms with van der Waals surface area (Å²) >= 11 is 0. The van der Waals surface area contributed by atoms with Crippen molar-refractivity contribution in [1.29, 1.82) is 0 Å². The average molecular weight is 230 g/mol. The monoisotopic (exact) mass is 230 g/mol. The van der Waals surface area contributed by atoms with Crippen molar-refractivity contribution in [2.75, 3.05) is 26.8 Å². The Labute approximate surface area is 94.6 Å². The van der Waals surface area contributed by atoms with E-state index in [-0.39, 0.29) is 18.6 Å². The Morgan fingerprint density at radius 3 is 2.81 bits per heavy atom. The Morgan fingerprint density at radius 2 is 2.31 bits per heavy atom. The number of ether oxygens (including phenoxy) is 1. The third kappa shape index (κ3) is 3.69. The van der Waals surface area contributed by atoms with Crippen LogP contribution in [0.15, 0.2) is 0 Å².